The quantitative estimate of drug-likeness (QED) is 0.842. The Morgan fingerprint density at radius 1 is 1.32 bits per heavy atom. The minimum Gasteiger partial charge on any atom is -0.480 e. The van der Waals surface area contributed by atoms with E-state index >= 15 is 0 Å². The number of carbonyl (C=O) groups is 1. The van der Waals surface area contributed by atoms with Crippen LogP contribution in [0.3, 0.4) is 0 Å². The third-order valence-corrected chi connectivity index (χ3v) is 3.55. The summed E-state index contributed by atoms with van der Waals surface area (Å²) in [5.74, 6) is -0.0148. The molecule has 1 aromatic heterocycles. The van der Waals surface area contributed by atoms with Gasteiger partial charge in [-0.25, -0.2) is 9.97 Å². The number of nitrogens with zero attached hydrogens (tertiary/aromatic N) is 3. The van der Waals surface area contributed by atoms with E-state index in [0.29, 0.717) is 0 Å². The summed E-state index contributed by atoms with van der Waals surface area (Å²) in [7, 11) is 0. The van der Waals surface area contributed by atoms with Crippen molar-refractivity contribution in [2.75, 3.05) is 11.4 Å². The Labute approximate surface area is 113 Å². The molecule has 1 aliphatic carbocycles. The van der Waals surface area contributed by atoms with Crippen LogP contribution in [0.5, 0.6) is 0 Å². The highest BCUT2D eigenvalue weighted by atomic mass is 16.4. The molecule has 0 saturated heterocycles. The Bertz CT molecular complexity index is 460. The highest BCUT2D eigenvalue weighted by Crippen LogP contribution is 2.27. The van der Waals surface area contributed by atoms with Gasteiger partial charge in [-0.15, -0.1) is 0 Å². The number of hydrogen-bond acceptors (Lipinski definition) is 4. The summed E-state index contributed by atoms with van der Waals surface area (Å²) in [6.07, 6.45) is 6.99. The van der Waals surface area contributed by atoms with Crippen molar-refractivity contribution >= 4 is 11.8 Å². The second-order valence-corrected chi connectivity index (χ2v) is 5.30. The number of carboxylic acids is 1. The molecule has 0 bridgehead atoms. The van der Waals surface area contributed by atoms with E-state index in [1.807, 2.05) is 18.7 Å². The van der Waals surface area contributed by atoms with E-state index in [9.17, 15) is 4.79 Å². The van der Waals surface area contributed by atoms with Crippen molar-refractivity contribution < 1.29 is 9.90 Å². The minimum absolute atomic E-state index is 0.0128. The molecule has 0 amide bonds. The van der Waals surface area contributed by atoms with Crippen molar-refractivity contribution in [2.45, 2.75) is 52.0 Å². The van der Waals surface area contributed by atoms with Crippen molar-refractivity contribution in [3.63, 3.8) is 0 Å². The van der Waals surface area contributed by atoms with Crippen molar-refractivity contribution in [1.82, 2.24) is 9.97 Å². The number of anilines is 1. The largest absolute Gasteiger partial charge is 0.480 e. The Kier molecular flexibility index (Phi) is 4.35. The van der Waals surface area contributed by atoms with Gasteiger partial charge in [0.1, 0.15) is 18.7 Å². The third-order valence-electron chi connectivity index (χ3n) is 3.55. The molecule has 0 atom stereocenters. The van der Waals surface area contributed by atoms with E-state index in [0.717, 1.165) is 42.8 Å². The second kappa shape index (κ2) is 5.99. The van der Waals surface area contributed by atoms with Crippen molar-refractivity contribution in [2.24, 2.45) is 0 Å². The van der Waals surface area contributed by atoms with Gasteiger partial charge >= 0.3 is 5.97 Å². The summed E-state index contributed by atoms with van der Waals surface area (Å²) in [5, 5.41) is 9.07. The summed E-state index contributed by atoms with van der Waals surface area (Å²) in [5.41, 5.74) is 2.24. The first kappa shape index (κ1) is 13.8. The first-order chi connectivity index (χ1) is 9.09. The van der Waals surface area contributed by atoms with Crippen LogP contribution in [0, 0.1) is 0 Å². The number of rotatable bonds is 4. The molecule has 1 aromatic rings. The number of carboxylic acid groups (broad SMARTS) is 1. The maximum atomic E-state index is 11.0. The number of aromatic nitrogens is 2. The van der Waals surface area contributed by atoms with E-state index in [1.54, 1.807) is 6.33 Å². The van der Waals surface area contributed by atoms with Gasteiger partial charge < -0.3 is 10.0 Å². The lowest BCUT2D eigenvalue weighted by molar-refractivity contribution is -0.135. The first-order valence-electron chi connectivity index (χ1n) is 6.90. The average molecular weight is 263 g/mol. The van der Waals surface area contributed by atoms with Crippen LogP contribution in [-0.4, -0.2) is 33.6 Å². The van der Waals surface area contributed by atoms with Crippen molar-refractivity contribution in [3.8, 4) is 0 Å². The lowest BCUT2D eigenvalue weighted by Gasteiger charge is -2.28. The zero-order valence-electron chi connectivity index (χ0n) is 11.6. The van der Waals surface area contributed by atoms with Crippen LogP contribution in [0.25, 0.3) is 0 Å². The van der Waals surface area contributed by atoms with E-state index in [4.69, 9.17) is 5.11 Å². The van der Waals surface area contributed by atoms with E-state index in [1.165, 1.54) is 6.42 Å². The Morgan fingerprint density at radius 2 is 2.05 bits per heavy atom. The molecule has 5 nitrogen and oxygen atoms in total. The van der Waals surface area contributed by atoms with Crippen LogP contribution < -0.4 is 4.90 Å². The molecule has 1 heterocycles. The zero-order chi connectivity index (χ0) is 13.8. The van der Waals surface area contributed by atoms with Gasteiger partial charge in [-0.3, -0.25) is 4.79 Å². The number of fused-ring (bicyclic) bond motifs is 1. The molecule has 0 aromatic carbocycles. The SMILES string of the molecule is CC(C)N(CC(=O)O)c1ncnc2c1CCCCC2. The molecule has 0 radical (unpaired) electrons. The highest BCUT2D eigenvalue weighted by Gasteiger charge is 2.22. The molecule has 1 aliphatic rings. The van der Waals surface area contributed by atoms with E-state index in [-0.39, 0.29) is 12.6 Å². The van der Waals surface area contributed by atoms with Gasteiger partial charge in [0.2, 0.25) is 0 Å². The molecule has 0 fully saturated rings. The molecule has 2 rings (SSSR count). The van der Waals surface area contributed by atoms with Gasteiger partial charge in [0.15, 0.2) is 0 Å². The molecule has 5 heteroatoms. The van der Waals surface area contributed by atoms with Gasteiger partial charge in [0, 0.05) is 17.3 Å². The molecule has 1 N–H and O–H groups in total. The van der Waals surface area contributed by atoms with Crippen LogP contribution >= 0.6 is 0 Å². The fourth-order valence-corrected chi connectivity index (χ4v) is 2.58. The van der Waals surface area contributed by atoms with E-state index < -0.39 is 5.97 Å². The van der Waals surface area contributed by atoms with Gasteiger partial charge in [-0.2, -0.15) is 0 Å². The molecular formula is C14H21N3O2. The Hall–Kier alpha value is -1.65. The van der Waals surface area contributed by atoms with Crippen LogP contribution in [0.4, 0.5) is 5.82 Å². The zero-order valence-corrected chi connectivity index (χ0v) is 11.6. The Balaban J connectivity index is 2.39. The molecule has 0 spiro atoms. The fraction of sp³-hybridized carbons (Fsp3) is 0.643. The van der Waals surface area contributed by atoms with Gasteiger partial charge in [-0.1, -0.05) is 6.42 Å². The standard InChI is InChI=1S/C14H21N3O2/c1-10(2)17(8-13(18)19)14-11-6-4-3-5-7-12(11)15-9-16-14/h9-10H,3-8H2,1-2H3,(H,18,19). The lowest BCUT2D eigenvalue weighted by atomic mass is 10.1. The maximum absolute atomic E-state index is 11.0. The summed E-state index contributed by atoms with van der Waals surface area (Å²) in [6, 6.07) is 0.110. The number of aryl methyl sites for hydroxylation is 1. The maximum Gasteiger partial charge on any atom is 0.323 e. The second-order valence-electron chi connectivity index (χ2n) is 5.30. The average Bonchev–Trinajstić information content (AvgIpc) is 2.60. The monoisotopic (exact) mass is 263 g/mol. The predicted octanol–water partition coefficient (Wildman–Crippen LogP) is 2.04. The topological polar surface area (TPSA) is 66.3 Å². The van der Waals surface area contributed by atoms with Gasteiger partial charge in [0.25, 0.3) is 0 Å². The van der Waals surface area contributed by atoms with E-state index in [2.05, 4.69) is 9.97 Å². The third kappa shape index (κ3) is 3.22. The molecule has 0 unspecified atom stereocenters. The molecule has 0 saturated carbocycles. The van der Waals surface area contributed by atoms with Crippen LogP contribution in [-0.2, 0) is 17.6 Å². The Morgan fingerprint density at radius 3 is 2.74 bits per heavy atom. The van der Waals surface area contributed by atoms with Crippen molar-refractivity contribution in [3.05, 3.63) is 17.6 Å². The number of hydrogen-bond donors (Lipinski definition) is 1. The molecule has 19 heavy (non-hydrogen) atoms. The normalized spacial score (nSPS) is 14.9. The smallest absolute Gasteiger partial charge is 0.323 e. The first-order valence-corrected chi connectivity index (χ1v) is 6.90. The molecular weight excluding hydrogens is 242 g/mol. The summed E-state index contributed by atoms with van der Waals surface area (Å²) < 4.78 is 0. The van der Waals surface area contributed by atoms with Crippen LogP contribution in [0.1, 0.15) is 44.4 Å². The fourth-order valence-electron chi connectivity index (χ4n) is 2.58. The van der Waals surface area contributed by atoms with Crippen LogP contribution in [0.15, 0.2) is 6.33 Å². The van der Waals surface area contributed by atoms with Gasteiger partial charge in [0.05, 0.1) is 0 Å². The summed E-state index contributed by atoms with van der Waals surface area (Å²) in [4.78, 5) is 21.6. The summed E-state index contributed by atoms with van der Waals surface area (Å²) in [6.45, 7) is 3.98. The van der Waals surface area contributed by atoms with Crippen LogP contribution in [0.2, 0.25) is 0 Å². The lowest BCUT2D eigenvalue weighted by Crippen LogP contribution is -2.37. The summed E-state index contributed by atoms with van der Waals surface area (Å²) >= 11 is 0. The number of aliphatic carboxylic acids is 1. The molecule has 0 aliphatic heterocycles. The predicted molar refractivity (Wildman–Crippen MR) is 73.4 cm³/mol. The van der Waals surface area contributed by atoms with Crippen molar-refractivity contribution in [1.29, 1.82) is 0 Å². The minimum atomic E-state index is -0.824. The molecule has 104 valence electrons. The highest BCUT2D eigenvalue weighted by molar-refractivity contribution is 5.74. The van der Waals surface area contributed by atoms with Gasteiger partial charge in [-0.05, 0) is 39.5 Å².